The highest BCUT2D eigenvalue weighted by Gasteiger charge is 2.30. The number of aromatic nitrogens is 3. The molecule has 0 unspecified atom stereocenters. The van der Waals surface area contributed by atoms with E-state index in [1.54, 1.807) is 16.7 Å². The summed E-state index contributed by atoms with van der Waals surface area (Å²) >= 11 is 1.46. The van der Waals surface area contributed by atoms with Gasteiger partial charge in [-0.2, -0.15) is 0 Å². The Bertz CT molecular complexity index is 685. The van der Waals surface area contributed by atoms with Crippen molar-refractivity contribution in [3.05, 3.63) is 35.9 Å². The molecule has 2 N–H and O–H groups in total. The van der Waals surface area contributed by atoms with Gasteiger partial charge in [-0.05, 0) is 37.1 Å². The topological polar surface area (TPSA) is 83.0 Å². The first kappa shape index (κ1) is 15.8. The van der Waals surface area contributed by atoms with Gasteiger partial charge < -0.3 is 10.5 Å². The van der Waals surface area contributed by atoms with Crippen molar-refractivity contribution >= 4 is 17.7 Å². The second kappa shape index (κ2) is 6.99. The second-order valence-electron chi connectivity index (χ2n) is 5.32. The van der Waals surface area contributed by atoms with Gasteiger partial charge in [0.05, 0.1) is 6.61 Å². The largest absolute Gasteiger partial charge is 0.493 e. The maximum Gasteiger partial charge on any atom is 0.237 e. The summed E-state index contributed by atoms with van der Waals surface area (Å²) in [6.07, 6.45) is 2.16. The van der Waals surface area contributed by atoms with Crippen LogP contribution in [-0.4, -0.2) is 33.0 Å². The number of ether oxygens (including phenoxy) is 1. The number of rotatable bonds is 8. The highest BCUT2D eigenvalue weighted by atomic mass is 32.2. The number of nitrogens with two attached hydrogens (primary N) is 1. The molecule has 1 aromatic heterocycles. The summed E-state index contributed by atoms with van der Waals surface area (Å²) < 4.78 is 20.1. The van der Waals surface area contributed by atoms with Crippen LogP contribution < -0.4 is 10.5 Å². The molecule has 1 aliphatic rings. The number of amides is 1. The van der Waals surface area contributed by atoms with E-state index in [0.717, 1.165) is 18.7 Å². The van der Waals surface area contributed by atoms with Crippen LogP contribution >= 0.6 is 11.8 Å². The van der Waals surface area contributed by atoms with E-state index >= 15 is 0 Å². The van der Waals surface area contributed by atoms with E-state index in [1.165, 1.54) is 23.9 Å². The molecule has 0 spiro atoms. The summed E-state index contributed by atoms with van der Waals surface area (Å²) in [4.78, 5) is 11.2. The smallest absolute Gasteiger partial charge is 0.237 e. The Morgan fingerprint density at radius 3 is 2.74 bits per heavy atom. The summed E-state index contributed by atoms with van der Waals surface area (Å²) in [6.45, 7) is 0.540. The maximum atomic E-state index is 12.8. The second-order valence-corrected chi connectivity index (χ2v) is 6.38. The van der Waals surface area contributed by atoms with Crippen LogP contribution in [0.3, 0.4) is 0 Å². The van der Waals surface area contributed by atoms with E-state index in [1.807, 2.05) is 0 Å². The molecule has 1 fully saturated rings. The van der Waals surface area contributed by atoms with Gasteiger partial charge in [-0.15, -0.1) is 10.2 Å². The van der Waals surface area contributed by atoms with Crippen LogP contribution in [0.5, 0.6) is 5.75 Å². The van der Waals surface area contributed by atoms with Gasteiger partial charge >= 0.3 is 0 Å². The molecule has 6 nitrogen and oxygen atoms in total. The van der Waals surface area contributed by atoms with Crippen molar-refractivity contribution in [2.24, 2.45) is 5.73 Å². The molecule has 3 rings (SSSR count). The Hall–Kier alpha value is -2.09. The molecule has 0 atom stereocenters. The predicted octanol–water partition coefficient (Wildman–Crippen LogP) is 1.95. The van der Waals surface area contributed by atoms with Crippen molar-refractivity contribution in [1.82, 2.24) is 14.8 Å². The molecule has 1 aromatic carbocycles. The number of hydrogen-bond donors (Lipinski definition) is 1. The minimum absolute atomic E-state index is 0.0972. The number of halogens is 1. The Morgan fingerprint density at radius 1 is 1.35 bits per heavy atom. The highest BCUT2D eigenvalue weighted by molar-refractivity contribution is 7.99. The number of nitrogens with zero attached hydrogens (tertiary/aromatic N) is 3. The summed E-state index contributed by atoms with van der Waals surface area (Å²) in [7, 11) is 0. The third kappa shape index (κ3) is 4.22. The number of carbonyl (C=O) groups is 1. The molecule has 2 aromatic rings. The van der Waals surface area contributed by atoms with Gasteiger partial charge in [-0.1, -0.05) is 11.8 Å². The lowest BCUT2D eigenvalue weighted by Crippen LogP contribution is -2.20. The normalized spacial score (nSPS) is 14.0. The van der Waals surface area contributed by atoms with E-state index in [2.05, 4.69) is 10.2 Å². The molecular formula is C15H17FN4O2S. The number of carbonyl (C=O) groups excluding carboxylic acids is 1. The first-order valence-electron chi connectivity index (χ1n) is 7.36. The summed E-state index contributed by atoms with van der Waals surface area (Å²) in [5.41, 5.74) is 5.31. The molecule has 1 heterocycles. The molecule has 0 aliphatic heterocycles. The van der Waals surface area contributed by atoms with Crippen LogP contribution in [0.4, 0.5) is 4.39 Å². The van der Waals surface area contributed by atoms with Crippen LogP contribution in [-0.2, 0) is 11.3 Å². The maximum absolute atomic E-state index is 12.8. The number of primary amides is 1. The fraction of sp³-hybridized carbons (Fsp3) is 0.400. The quantitative estimate of drug-likeness (QED) is 0.588. The summed E-state index contributed by atoms with van der Waals surface area (Å²) in [6, 6.07) is 5.88. The van der Waals surface area contributed by atoms with E-state index in [-0.39, 0.29) is 12.4 Å². The lowest BCUT2D eigenvalue weighted by molar-refractivity contribution is -0.118. The molecule has 1 aliphatic carbocycles. The van der Waals surface area contributed by atoms with E-state index in [0.29, 0.717) is 29.2 Å². The molecule has 0 saturated heterocycles. The van der Waals surface area contributed by atoms with E-state index in [9.17, 15) is 9.18 Å². The average molecular weight is 336 g/mol. The third-order valence-electron chi connectivity index (χ3n) is 3.40. The van der Waals surface area contributed by atoms with Crippen LogP contribution in [0, 0.1) is 5.82 Å². The standard InChI is InChI=1S/C15H17FN4O2S/c16-11-3-5-12(6-4-11)22-7-8-23-15-19-18-14(10-1-2-10)20(15)9-13(17)21/h3-6,10H,1-2,7-9H2,(H2,17,21). The lowest BCUT2D eigenvalue weighted by atomic mass is 10.3. The first-order chi connectivity index (χ1) is 11.1. The zero-order chi connectivity index (χ0) is 16.2. The minimum atomic E-state index is -0.406. The molecule has 122 valence electrons. The van der Waals surface area contributed by atoms with Crippen molar-refractivity contribution in [3.8, 4) is 5.75 Å². The average Bonchev–Trinajstić information content (AvgIpc) is 3.29. The Kier molecular flexibility index (Phi) is 4.80. The predicted molar refractivity (Wildman–Crippen MR) is 83.8 cm³/mol. The summed E-state index contributed by atoms with van der Waals surface area (Å²) in [5, 5.41) is 9.00. The summed E-state index contributed by atoms with van der Waals surface area (Å²) in [5.74, 6) is 1.79. The molecule has 8 heteroatoms. The van der Waals surface area contributed by atoms with Crippen LogP contribution in [0.2, 0.25) is 0 Å². The molecule has 23 heavy (non-hydrogen) atoms. The van der Waals surface area contributed by atoms with Gasteiger partial charge in [0.15, 0.2) is 5.16 Å². The van der Waals surface area contributed by atoms with Gasteiger partial charge in [-0.25, -0.2) is 4.39 Å². The van der Waals surface area contributed by atoms with Gasteiger partial charge in [-0.3, -0.25) is 9.36 Å². The molecular weight excluding hydrogens is 319 g/mol. The van der Waals surface area contributed by atoms with Crippen molar-refractivity contribution in [1.29, 1.82) is 0 Å². The van der Waals surface area contributed by atoms with Crippen molar-refractivity contribution in [2.45, 2.75) is 30.5 Å². The van der Waals surface area contributed by atoms with E-state index < -0.39 is 5.91 Å². The lowest BCUT2D eigenvalue weighted by Gasteiger charge is -2.08. The molecule has 0 bridgehead atoms. The van der Waals surface area contributed by atoms with Gasteiger partial charge in [0, 0.05) is 11.7 Å². The minimum Gasteiger partial charge on any atom is -0.493 e. The Labute approximate surface area is 137 Å². The zero-order valence-corrected chi connectivity index (χ0v) is 13.3. The molecule has 1 amide bonds. The third-order valence-corrected chi connectivity index (χ3v) is 4.33. The number of hydrogen-bond acceptors (Lipinski definition) is 5. The van der Waals surface area contributed by atoms with Crippen molar-refractivity contribution in [3.63, 3.8) is 0 Å². The van der Waals surface area contributed by atoms with Crippen molar-refractivity contribution in [2.75, 3.05) is 12.4 Å². The highest BCUT2D eigenvalue weighted by Crippen LogP contribution is 2.39. The van der Waals surface area contributed by atoms with Gasteiger partial charge in [0.2, 0.25) is 5.91 Å². The Balaban J connectivity index is 1.55. The zero-order valence-electron chi connectivity index (χ0n) is 12.4. The van der Waals surface area contributed by atoms with Gasteiger partial charge in [0.1, 0.15) is 23.9 Å². The van der Waals surface area contributed by atoms with Gasteiger partial charge in [0.25, 0.3) is 0 Å². The Morgan fingerprint density at radius 2 is 2.09 bits per heavy atom. The van der Waals surface area contributed by atoms with Crippen molar-refractivity contribution < 1.29 is 13.9 Å². The monoisotopic (exact) mass is 336 g/mol. The number of thioether (sulfide) groups is 1. The first-order valence-corrected chi connectivity index (χ1v) is 8.34. The SMILES string of the molecule is NC(=O)Cn1c(SCCOc2ccc(F)cc2)nnc1C1CC1. The van der Waals surface area contributed by atoms with Crippen LogP contribution in [0.1, 0.15) is 24.6 Å². The van der Waals surface area contributed by atoms with E-state index in [4.69, 9.17) is 10.5 Å². The fourth-order valence-corrected chi connectivity index (χ4v) is 2.94. The number of benzene rings is 1. The molecule has 1 saturated carbocycles. The van der Waals surface area contributed by atoms with Crippen LogP contribution in [0.15, 0.2) is 29.4 Å². The van der Waals surface area contributed by atoms with Crippen LogP contribution in [0.25, 0.3) is 0 Å². The fourth-order valence-electron chi connectivity index (χ4n) is 2.18. The molecule has 0 radical (unpaired) electrons.